The maximum Gasteiger partial charge on any atom is 0.106 e. The molecule has 118 valence electrons. The molecule has 0 fully saturated rings. The summed E-state index contributed by atoms with van der Waals surface area (Å²) in [6, 6.07) is 29.3. The van der Waals surface area contributed by atoms with E-state index >= 15 is 0 Å². The molecule has 0 saturated heterocycles. The highest BCUT2D eigenvalue weighted by Crippen LogP contribution is 2.42. The molecular formula is C22H20N2. The van der Waals surface area contributed by atoms with Gasteiger partial charge in [0.05, 0.1) is 11.4 Å². The Hall–Kier alpha value is -2.87. The summed E-state index contributed by atoms with van der Waals surface area (Å²) in [6.07, 6.45) is 0.928. The number of aliphatic imine (C=N–C) groups is 1. The summed E-state index contributed by atoms with van der Waals surface area (Å²) < 4.78 is 0. The molecule has 1 unspecified atom stereocenters. The van der Waals surface area contributed by atoms with Crippen LogP contribution in [0.25, 0.3) is 0 Å². The Kier molecular flexibility index (Phi) is 3.66. The summed E-state index contributed by atoms with van der Waals surface area (Å²) in [4.78, 5) is 5.05. The van der Waals surface area contributed by atoms with Crippen molar-refractivity contribution in [3.8, 4) is 0 Å². The van der Waals surface area contributed by atoms with E-state index in [9.17, 15) is 0 Å². The van der Waals surface area contributed by atoms with Crippen molar-refractivity contribution in [3.05, 3.63) is 96.1 Å². The number of hydrogen-bond acceptors (Lipinski definition) is 2. The lowest BCUT2D eigenvalue weighted by Crippen LogP contribution is -2.38. The van der Waals surface area contributed by atoms with E-state index in [1.807, 2.05) is 18.2 Å². The number of nitrogens with zero attached hydrogens (tertiary/aromatic N) is 1. The van der Waals surface area contributed by atoms with Crippen LogP contribution in [0.2, 0.25) is 0 Å². The van der Waals surface area contributed by atoms with Crippen molar-refractivity contribution >= 4 is 17.1 Å². The van der Waals surface area contributed by atoms with Crippen LogP contribution in [0.3, 0.4) is 0 Å². The Morgan fingerprint density at radius 3 is 2.12 bits per heavy atom. The van der Waals surface area contributed by atoms with Crippen molar-refractivity contribution in [2.45, 2.75) is 18.9 Å². The first-order chi connectivity index (χ1) is 11.8. The van der Waals surface area contributed by atoms with E-state index < -0.39 is 0 Å². The first-order valence-corrected chi connectivity index (χ1v) is 8.41. The van der Waals surface area contributed by atoms with Gasteiger partial charge >= 0.3 is 0 Å². The monoisotopic (exact) mass is 312 g/mol. The van der Waals surface area contributed by atoms with Gasteiger partial charge in [-0.15, -0.1) is 0 Å². The number of para-hydroxylation sites is 2. The van der Waals surface area contributed by atoms with Gasteiger partial charge in [0.1, 0.15) is 5.54 Å². The molecule has 0 amide bonds. The molecule has 1 atom stereocenters. The second kappa shape index (κ2) is 5.97. The molecule has 0 aromatic heterocycles. The summed E-state index contributed by atoms with van der Waals surface area (Å²) >= 11 is 0. The maximum absolute atomic E-state index is 5.05. The van der Waals surface area contributed by atoms with Gasteiger partial charge in [-0.3, -0.25) is 0 Å². The predicted molar refractivity (Wildman–Crippen MR) is 101 cm³/mol. The van der Waals surface area contributed by atoms with Crippen LogP contribution in [0.4, 0.5) is 11.4 Å². The van der Waals surface area contributed by atoms with E-state index in [2.05, 4.69) is 79.0 Å². The third-order valence-corrected chi connectivity index (χ3v) is 4.73. The number of anilines is 1. The number of fused-ring (bicyclic) bond motifs is 1. The second-order valence-corrected chi connectivity index (χ2v) is 6.09. The Morgan fingerprint density at radius 2 is 1.42 bits per heavy atom. The molecule has 2 heteroatoms. The minimum Gasteiger partial charge on any atom is -0.370 e. The van der Waals surface area contributed by atoms with E-state index in [4.69, 9.17) is 4.99 Å². The average molecular weight is 312 g/mol. The highest BCUT2D eigenvalue weighted by molar-refractivity contribution is 6.17. The first kappa shape index (κ1) is 14.7. The molecule has 1 aliphatic heterocycles. The number of nitrogens with one attached hydrogen (secondary N) is 1. The topological polar surface area (TPSA) is 24.4 Å². The first-order valence-electron chi connectivity index (χ1n) is 8.41. The van der Waals surface area contributed by atoms with Crippen molar-refractivity contribution in [1.29, 1.82) is 0 Å². The Morgan fingerprint density at radius 1 is 0.792 bits per heavy atom. The molecule has 1 heterocycles. The van der Waals surface area contributed by atoms with Gasteiger partial charge in [-0.25, -0.2) is 4.99 Å². The van der Waals surface area contributed by atoms with Gasteiger partial charge in [-0.2, -0.15) is 0 Å². The highest BCUT2D eigenvalue weighted by Gasteiger charge is 2.43. The van der Waals surface area contributed by atoms with Crippen LogP contribution in [0.15, 0.2) is 89.9 Å². The molecule has 4 rings (SSSR count). The van der Waals surface area contributed by atoms with Crippen molar-refractivity contribution in [3.63, 3.8) is 0 Å². The molecule has 0 aliphatic carbocycles. The molecule has 0 radical (unpaired) electrons. The third-order valence-electron chi connectivity index (χ3n) is 4.73. The number of rotatable bonds is 3. The SMILES string of the molecule is CCC1(c2ccccc2)Nc2ccccc2C1=Nc1ccccc1. The Labute approximate surface area is 142 Å². The number of hydrogen-bond donors (Lipinski definition) is 1. The minimum atomic E-state index is -0.291. The smallest absolute Gasteiger partial charge is 0.106 e. The molecule has 3 aromatic carbocycles. The van der Waals surface area contributed by atoms with Crippen molar-refractivity contribution in [1.82, 2.24) is 0 Å². The van der Waals surface area contributed by atoms with Gasteiger partial charge in [-0.1, -0.05) is 73.7 Å². The lowest BCUT2D eigenvalue weighted by atomic mass is 9.82. The van der Waals surface area contributed by atoms with Crippen molar-refractivity contribution in [2.24, 2.45) is 4.99 Å². The predicted octanol–water partition coefficient (Wildman–Crippen LogP) is 5.54. The van der Waals surface area contributed by atoms with Crippen LogP contribution in [0, 0.1) is 0 Å². The van der Waals surface area contributed by atoms with Gasteiger partial charge in [0, 0.05) is 11.3 Å². The normalized spacial score (nSPS) is 20.6. The second-order valence-electron chi connectivity index (χ2n) is 6.09. The molecule has 1 aliphatic rings. The van der Waals surface area contributed by atoms with Crippen LogP contribution in [0.1, 0.15) is 24.5 Å². The highest BCUT2D eigenvalue weighted by atomic mass is 15.1. The summed E-state index contributed by atoms with van der Waals surface area (Å²) in [7, 11) is 0. The standard InChI is InChI=1S/C22H20N2/c1-2-22(17-11-5-3-6-12-17)21(23-18-13-7-4-8-14-18)19-15-9-10-16-20(19)24-22/h3-16,24H,2H2,1H3. The largest absolute Gasteiger partial charge is 0.370 e. The fourth-order valence-electron chi connectivity index (χ4n) is 3.50. The zero-order valence-electron chi connectivity index (χ0n) is 13.7. The Bertz CT molecular complexity index is 869. The molecule has 2 nitrogen and oxygen atoms in total. The van der Waals surface area contributed by atoms with Crippen molar-refractivity contribution < 1.29 is 0 Å². The van der Waals surface area contributed by atoms with Crippen LogP contribution in [0.5, 0.6) is 0 Å². The molecule has 0 bridgehead atoms. The van der Waals surface area contributed by atoms with Gasteiger partial charge < -0.3 is 5.32 Å². The van der Waals surface area contributed by atoms with Crippen LogP contribution >= 0.6 is 0 Å². The van der Waals surface area contributed by atoms with Gasteiger partial charge in [-0.05, 0) is 30.2 Å². The van der Waals surface area contributed by atoms with Crippen molar-refractivity contribution in [2.75, 3.05) is 5.32 Å². The van der Waals surface area contributed by atoms with Crippen LogP contribution in [-0.2, 0) is 5.54 Å². The van der Waals surface area contributed by atoms with Crippen LogP contribution < -0.4 is 5.32 Å². The van der Waals surface area contributed by atoms with E-state index in [1.54, 1.807) is 0 Å². The lowest BCUT2D eigenvalue weighted by molar-refractivity contribution is 0.643. The zero-order valence-corrected chi connectivity index (χ0v) is 13.7. The molecule has 3 aromatic rings. The quantitative estimate of drug-likeness (QED) is 0.675. The van der Waals surface area contributed by atoms with E-state index in [-0.39, 0.29) is 5.54 Å². The molecule has 1 N–H and O–H groups in total. The van der Waals surface area contributed by atoms with E-state index in [0.29, 0.717) is 0 Å². The lowest BCUT2D eigenvalue weighted by Gasteiger charge is -2.30. The fraction of sp³-hybridized carbons (Fsp3) is 0.136. The maximum atomic E-state index is 5.05. The Balaban J connectivity index is 1.95. The van der Waals surface area contributed by atoms with Gasteiger partial charge in [0.25, 0.3) is 0 Å². The molecule has 0 spiro atoms. The molecule has 0 saturated carbocycles. The minimum absolute atomic E-state index is 0.291. The molecule has 24 heavy (non-hydrogen) atoms. The zero-order chi connectivity index (χ0) is 16.4. The van der Waals surface area contributed by atoms with Gasteiger partial charge in [0.15, 0.2) is 0 Å². The van der Waals surface area contributed by atoms with E-state index in [1.165, 1.54) is 11.1 Å². The van der Waals surface area contributed by atoms with Crippen LogP contribution in [-0.4, -0.2) is 5.71 Å². The fourth-order valence-corrected chi connectivity index (χ4v) is 3.50. The molecular weight excluding hydrogens is 292 g/mol. The third kappa shape index (κ3) is 2.31. The summed E-state index contributed by atoms with van der Waals surface area (Å²) in [5, 5.41) is 3.75. The average Bonchev–Trinajstić information content (AvgIpc) is 2.98. The summed E-state index contributed by atoms with van der Waals surface area (Å²) in [5.41, 5.74) is 5.38. The van der Waals surface area contributed by atoms with Gasteiger partial charge in [0.2, 0.25) is 0 Å². The van der Waals surface area contributed by atoms with E-state index in [0.717, 1.165) is 23.5 Å². The summed E-state index contributed by atoms with van der Waals surface area (Å²) in [6.45, 7) is 2.21. The summed E-state index contributed by atoms with van der Waals surface area (Å²) in [5.74, 6) is 0. The number of benzene rings is 3.